The van der Waals surface area contributed by atoms with E-state index >= 15 is 0 Å². The minimum Gasteiger partial charge on any atom is -0.321 e. The van der Waals surface area contributed by atoms with E-state index in [0.717, 1.165) is 16.1 Å². The molecule has 0 bridgehead atoms. The molecule has 1 aliphatic rings. The second-order valence-corrected chi connectivity index (χ2v) is 6.03. The summed E-state index contributed by atoms with van der Waals surface area (Å²) in [6.45, 7) is 0. The van der Waals surface area contributed by atoms with Crippen molar-refractivity contribution in [1.82, 2.24) is 0 Å². The van der Waals surface area contributed by atoms with Crippen molar-refractivity contribution >= 4 is 57.8 Å². The summed E-state index contributed by atoms with van der Waals surface area (Å²) < 4.78 is 0.705. The Bertz CT molecular complexity index is 675. The van der Waals surface area contributed by atoms with Crippen LogP contribution in [0.4, 0.5) is 5.69 Å². The number of fused-ring (bicyclic) bond motifs is 1. The van der Waals surface area contributed by atoms with Crippen LogP contribution in [0.5, 0.6) is 0 Å². The predicted molar refractivity (Wildman–Crippen MR) is 77.3 cm³/mol. The third-order valence-electron chi connectivity index (χ3n) is 2.65. The Hall–Kier alpha value is -1.29. The van der Waals surface area contributed by atoms with Crippen LogP contribution in [0.25, 0.3) is 11.6 Å². The summed E-state index contributed by atoms with van der Waals surface area (Å²) >= 11 is 13.2. The van der Waals surface area contributed by atoms with E-state index in [4.69, 9.17) is 23.2 Å². The minimum absolute atomic E-state index is 0.114. The molecule has 0 saturated heterocycles. The second-order valence-electron chi connectivity index (χ2n) is 3.84. The van der Waals surface area contributed by atoms with Crippen molar-refractivity contribution in [2.45, 2.75) is 0 Å². The first kappa shape index (κ1) is 11.8. The monoisotopic (exact) mass is 295 g/mol. The maximum atomic E-state index is 11.9. The molecule has 90 valence electrons. The molecular formula is C13H7Cl2NOS. The summed E-state index contributed by atoms with van der Waals surface area (Å²) in [6.07, 6.45) is 1.84. The zero-order chi connectivity index (χ0) is 12.7. The molecule has 0 radical (unpaired) electrons. The smallest absolute Gasteiger partial charge is 0.256 e. The Morgan fingerprint density at radius 2 is 2.00 bits per heavy atom. The van der Waals surface area contributed by atoms with Crippen LogP contribution in [0.3, 0.4) is 0 Å². The molecule has 0 atom stereocenters. The van der Waals surface area contributed by atoms with Gasteiger partial charge in [0.25, 0.3) is 5.91 Å². The number of carbonyl (C=O) groups is 1. The lowest BCUT2D eigenvalue weighted by Gasteiger charge is -1.97. The minimum atomic E-state index is -0.114. The lowest BCUT2D eigenvalue weighted by Crippen LogP contribution is -2.03. The zero-order valence-corrected chi connectivity index (χ0v) is 11.4. The van der Waals surface area contributed by atoms with Crippen LogP contribution in [-0.4, -0.2) is 5.91 Å². The number of halogens is 2. The molecular weight excluding hydrogens is 289 g/mol. The average molecular weight is 296 g/mol. The van der Waals surface area contributed by atoms with Crippen LogP contribution in [0, 0.1) is 0 Å². The van der Waals surface area contributed by atoms with Gasteiger partial charge in [-0.3, -0.25) is 4.79 Å². The maximum Gasteiger partial charge on any atom is 0.256 e. The van der Waals surface area contributed by atoms with Gasteiger partial charge < -0.3 is 5.32 Å². The molecule has 2 heterocycles. The Morgan fingerprint density at radius 3 is 2.72 bits per heavy atom. The van der Waals surface area contributed by atoms with Crippen LogP contribution >= 0.6 is 34.5 Å². The molecule has 0 unspecified atom stereocenters. The molecule has 2 nitrogen and oxygen atoms in total. The third-order valence-corrected chi connectivity index (χ3v) is 4.06. The summed E-state index contributed by atoms with van der Waals surface area (Å²) in [5.41, 5.74) is 2.26. The number of rotatable bonds is 1. The van der Waals surface area contributed by atoms with Crippen molar-refractivity contribution in [1.29, 1.82) is 0 Å². The van der Waals surface area contributed by atoms with Gasteiger partial charge in [0.1, 0.15) is 0 Å². The van der Waals surface area contributed by atoms with Crippen LogP contribution in [-0.2, 0) is 4.79 Å². The number of benzene rings is 1. The fourth-order valence-electron chi connectivity index (χ4n) is 1.86. The zero-order valence-electron chi connectivity index (χ0n) is 9.04. The lowest BCUT2D eigenvalue weighted by molar-refractivity contribution is -0.110. The number of amides is 1. The van der Waals surface area contributed by atoms with Gasteiger partial charge in [-0.2, -0.15) is 0 Å². The highest BCUT2D eigenvalue weighted by atomic mass is 35.5. The predicted octanol–water partition coefficient (Wildman–Crippen LogP) is 4.55. The van der Waals surface area contributed by atoms with Crippen molar-refractivity contribution in [3.63, 3.8) is 0 Å². The van der Waals surface area contributed by atoms with Gasteiger partial charge in [0.15, 0.2) is 0 Å². The van der Waals surface area contributed by atoms with Gasteiger partial charge in [-0.15, -0.1) is 11.3 Å². The molecule has 0 spiro atoms. The lowest BCUT2D eigenvalue weighted by atomic mass is 10.1. The number of hydrogen-bond donors (Lipinski definition) is 1. The quantitative estimate of drug-likeness (QED) is 0.769. The third kappa shape index (κ3) is 2.05. The van der Waals surface area contributed by atoms with Crippen molar-refractivity contribution in [2.24, 2.45) is 0 Å². The topological polar surface area (TPSA) is 29.1 Å². The molecule has 1 aliphatic heterocycles. The fraction of sp³-hybridized carbons (Fsp3) is 0. The van der Waals surface area contributed by atoms with Crippen molar-refractivity contribution in [2.75, 3.05) is 5.32 Å². The Morgan fingerprint density at radius 1 is 1.17 bits per heavy atom. The van der Waals surface area contributed by atoms with Gasteiger partial charge in [-0.1, -0.05) is 29.3 Å². The van der Waals surface area contributed by atoms with E-state index in [1.807, 2.05) is 24.3 Å². The first-order valence-corrected chi connectivity index (χ1v) is 6.79. The molecule has 1 N–H and O–H groups in total. The molecule has 0 saturated carbocycles. The molecule has 5 heteroatoms. The van der Waals surface area contributed by atoms with E-state index in [9.17, 15) is 4.79 Å². The van der Waals surface area contributed by atoms with Crippen LogP contribution < -0.4 is 5.32 Å². The van der Waals surface area contributed by atoms with Gasteiger partial charge in [0.2, 0.25) is 0 Å². The highest BCUT2D eigenvalue weighted by Gasteiger charge is 2.24. The number of thiophene rings is 1. The first-order chi connectivity index (χ1) is 8.63. The Labute approximate surface area is 118 Å². The van der Waals surface area contributed by atoms with Crippen molar-refractivity contribution in [3.05, 3.63) is 50.1 Å². The molecule has 2 aromatic rings. The first-order valence-electron chi connectivity index (χ1n) is 5.22. The van der Waals surface area contributed by atoms with E-state index in [-0.39, 0.29) is 5.91 Å². The standard InChI is InChI=1S/C13H7Cl2NOS/c14-7-1-3-9-10(13(17)16-11(9)5-7)6-8-2-4-12(15)18-8/h1-6H,(H,16,17)/b10-6-. The van der Waals surface area contributed by atoms with E-state index in [0.29, 0.717) is 14.9 Å². The summed E-state index contributed by atoms with van der Waals surface area (Å²) in [6, 6.07) is 9.07. The van der Waals surface area contributed by atoms with Crippen LogP contribution in [0.2, 0.25) is 9.36 Å². The highest BCUT2D eigenvalue weighted by molar-refractivity contribution is 7.17. The normalized spacial score (nSPS) is 15.9. The van der Waals surface area contributed by atoms with Crippen LogP contribution in [0.1, 0.15) is 10.4 Å². The van der Waals surface area contributed by atoms with E-state index in [2.05, 4.69) is 5.32 Å². The van der Waals surface area contributed by atoms with Gasteiger partial charge in [-0.25, -0.2) is 0 Å². The summed E-state index contributed by atoms with van der Waals surface area (Å²) in [7, 11) is 0. The maximum absolute atomic E-state index is 11.9. The molecule has 1 aromatic carbocycles. The van der Waals surface area contributed by atoms with Crippen molar-refractivity contribution in [3.8, 4) is 0 Å². The number of anilines is 1. The molecule has 0 fully saturated rings. The summed E-state index contributed by atoms with van der Waals surface area (Å²) in [5, 5.41) is 3.40. The SMILES string of the molecule is O=C1Nc2cc(Cl)ccc2/C1=C/c1ccc(Cl)s1. The van der Waals surface area contributed by atoms with Gasteiger partial charge in [-0.05, 0) is 30.3 Å². The fourth-order valence-corrected chi connectivity index (χ4v) is 3.03. The second kappa shape index (κ2) is 4.43. The molecule has 0 aliphatic carbocycles. The molecule has 3 rings (SSSR count). The van der Waals surface area contributed by atoms with Crippen LogP contribution in [0.15, 0.2) is 30.3 Å². The molecule has 1 amide bonds. The number of nitrogens with one attached hydrogen (secondary N) is 1. The molecule has 1 aromatic heterocycles. The van der Waals surface area contributed by atoms with Gasteiger partial charge in [0, 0.05) is 15.5 Å². The number of carbonyl (C=O) groups excluding carboxylic acids is 1. The van der Waals surface area contributed by atoms with E-state index in [1.54, 1.807) is 12.1 Å². The average Bonchev–Trinajstić information content (AvgIpc) is 2.84. The van der Waals surface area contributed by atoms with Gasteiger partial charge in [0.05, 0.1) is 15.6 Å². The summed E-state index contributed by atoms with van der Waals surface area (Å²) in [5.74, 6) is -0.114. The largest absolute Gasteiger partial charge is 0.321 e. The Kier molecular flexibility index (Phi) is 2.90. The van der Waals surface area contributed by atoms with Crippen molar-refractivity contribution < 1.29 is 4.79 Å². The Balaban J connectivity index is 2.09. The van der Waals surface area contributed by atoms with Gasteiger partial charge >= 0.3 is 0 Å². The number of hydrogen-bond acceptors (Lipinski definition) is 2. The van der Waals surface area contributed by atoms with E-state index in [1.165, 1.54) is 11.3 Å². The van der Waals surface area contributed by atoms with E-state index < -0.39 is 0 Å². The summed E-state index contributed by atoms with van der Waals surface area (Å²) in [4.78, 5) is 12.9. The molecule has 18 heavy (non-hydrogen) atoms. The highest BCUT2D eigenvalue weighted by Crippen LogP contribution is 2.36.